The molecule has 0 saturated heterocycles. The van der Waals surface area contributed by atoms with Crippen LogP contribution in [0.2, 0.25) is 10.0 Å². The zero-order valence-corrected chi connectivity index (χ0v) is 14.0. The molecule has 1 N–H and O–H groups in total. The number of anilines is 1. The van der Waals surface area contributed by atoms with E-state index < -0.39 is 0 Å². The first-order valence-electron chi connectivity index (χ1n) is 7.30. The molecular formula is C16H15Cl2N3O2. The number of rotatable bonds is 3. The van der Waals surface area contributed by atoms with Crippen molar-refractivity contribution >= 4 is 34.8 Å². The fourth-order valence-corrected chi connectivity index (χ4v) is 3.21. The monoisotopic (exact) mass is 351 g/mol. The predicted octanol–water partition coefficient (Wildman–Crippen LogP) is 2.99. The van der Waals surface area contributed by atoms with Gasteiger partial charge in [-0.15, -0.1) is 0 Å². The molecule has 23 heavy (non-hydrogen) atoms. The first kappa shape index (κ1) is 16.0. The van der Waals surface area contributed by atoms with Gasteiger partial charge < -0.3 is 5.32 Å². The fraction of sp³-hybridized carbons (Fsp3) is 0.312. The Labute approximate surface area is 143 Å². The van der Waals surface area contributed by atoms with Crippen molar-refractivity contribution in [3.63, 3.8) is 0 Å². The van der Waals surface area contributed by atoms with Gasteiger partial charge in [0.05, 0.1) is 16.4 Å². The van der Waals surface area contributed by atoms with Gasteiger partial charge >= 0.3 is 0 Å². The molecule has 2 aromatic rings. The van der Waals surface area contributed by atoms with Crippen LogP contribution in [0.15, 0.2) is 23.0 Å². The topological polar surface area (TPSA) is 64.0 Å². The maximum atomic E-state index is 12.5. The molecule has 1 aromatic carbocycles. The van der Waals surface area contributed by atoms with E-state index in [4.69, 9.17) is 23.2 Å². The number of benzene rings is 1. The Morgan fingerprint density at radius 1 is 1.35 bits per heavy atom. The van der Waals surface area contributed by atoms with Gasteiger partial charge in [0, 0.05) is 10.6 Å². The fourth-order valence-electron chi connectivity index (χ4n) is 2.76. The normalized spacial score (nSPS) is 13.0. The summed E-state index contributed by atoms with van der Waals surface area (Å²) in [5, 5.41) is 3.53. The highest BCUT2D eigenvalue weighted by Crippen LogP contribution is 2.25. The van der Waals surface area contributed by atoms with E-state index in [1.165, 1.54) is 4.57 Å². The van der Waals surface area contributed by atoms with E-state index in [9.17, 15) is 9.59 Å². The van der Waals surface area contributed by atoms with Gasteiger partial charge in [0.1, 0.15) is 12.4 Å². The number of hydrogen-bond acceptors (Lipinski definition) is 3. The number of carbonyl (C=O) groups is 1. The van der Waals surface area contributed by atoms with Crippen LogP contribution in [0.5, 0.6) is 0 Å². The zero-order valence-electron chi connectivity index (χ0n) is 12.5. The van der Waals surface area contributed by atoms with Crippen molar-refractivity contribution in [2.24, 2.45) is 0 Å². The van der Waals surface area contributed by atoms with Crippen molar-refractivity contribution in [3.8, 4) is 0 Å². The number of halogens is 2. The van der Waals surface area contributed by atoms with Crippen LogP contribution in [0.3, 0.4) is 0 Å². The summed E-state index contributed by atoms with van der Waals surface area (Å²) >= 11 is 11.9. The van der Waals surface area contributed by atoms with Crippen LogP contribution >= 0.6 is 23.2 Å². The van der Waals surface area contributed by atoms with E-state index in [-0.39, 0.29) is 18.0 Å². The molecule has 0 unspecified atom stereocenters. The highest BCUT2D eigenvalue weighted by atomic mass is 35.5. The van der Waals surface area contributed by atoms with Gasteiger partial charge in [-0.2, -0.15) is 0 Å². The van der Waals surface area contributed by atoms with Crippen LogP contribution in [0.4, 0.5) is 5.69 Å². The summed E-state index contributed by atoms with van der Waals surface area (Å²) in [6.45, 7) is 1.65. The highest BCUT2D eigenvalue weighted by molar-refractivity contribution is 6.36. The minimum Gasteiger partial charge on any atom is -0.323 e. The summed E-state index contributed by atoms with van der Waals surface area (Å²) in [5.74, 6) is 0.215. The second-order valence-corrected chi connectivity index (χ2v) is 6.35. The Balaban J connectivity index is 1.82. The average molecular weight is 352 g/mol. The lowest BCUT2D eigenvalue weighted by molar-refractivity contribution is -0.116. The summed E-state index contributed by atoms with van der Waals surface area (Å²) in [6.07, 6.45) is 2.50. The minimum atomic E-state index is -0.334. The number of carbonyl (C=O) groups excluding carboxylic acids is 1. The third-order valence-electron chi connectivity index (χ3n) is 3.89. The second kappa shape index (κ2) is 6.34. The third-order valence-corrected chi connectivity index (χ3v) is 4.43. The summed E-state index contributed by atoms with van der Waals surface area (Å²) in [4.78, 5) is 29.2. The molecule has 1 aliphatic carbocycles. The Bertz CT molecular complexity index is 846. The largest absolute Gasteiger partial charge is 0.323 e. The quantitative estimate of drug-likeness (QED) is 0.924. The molecule has 3 rings (SSSR count). The molecule has 7 heteroatoms. The molecule has 1 amide bonds. The molecule has 0 radical (unpaired) electrons. The molecule has 0 atom stereocenters. The van der Waals surface area contributed by atoms with E-state index >= 15 is 0 Å². The Hall–Kier alpha value is -1.85. The van der Waals surface area contributed by atoms with Gasteiger partial charge in [0.25, 0.3) is 5.56 Å². The number of nitrogens with zero attached hydrogens (tertiary/aromatic N) is 2. The van der Waals surface area contributed by atoms with Gasteiger partial charge in [-0.05, 0) is 44.4 Å². The lowest BCUT2D eigenvalue weighted by atomic mass is 10.2. The number of fused-ring (bicyclic) bond motifs is 1. The van der Waals surface area contributed by atoms with E-state index in [0.717, 1.165) is 30.5 Å². The molecule has 0 aliphatic heterocycles. The van der Waals surface area contributed by atoms with E-state index in [1.54, 1.807) is 25.1 Å². The Kier molecular flexibility index (Phi) is 4.41. The summed E-state index contributed by atoms with van der Waals surface area (Å²) in [5.41, 5.74) is 1.93. The van der Waals surface area contributed by atoms with Crippen LogP contribution in [-0.2, 0) is 24.2 Å². The molecule has 0 saturated carbocycles. The van der Waals surface area contributed by atoms with Gasteiger partial charge in [-0.25, -0.2) is 4.98 Å². The van der Waals surface area contributed by atoms with Crippen LogP contribution < -0.4 is 10.9 Å². The predicted molar refractivity (Wildman–Crippen MR) is 90.4 cm³/mol. The molecular weight excluding hydrogens is 337 g/mol. The van der Waals surface area contributed by atoms with Crippen LogP contribution in [0.1, 0.15) is 23.5 Å². The standard InChI is InChI=1S/C16H15Cl2N3O2/c1-9-19-13-4-2-3-11(13)16(23)21(9)8-15(22)20-14-6-5-10(17)7-12(14)18/h5-7H,2-4,8H2,1H3,(H,20,22). The van der Waals surface area contributed by atoms with Gasteiger partial charge in [-0.3, -0.25) is 14.2 Å². The first-order valence-corrected chi connectivity index (χ1v) is 8.05. The van der Waals surface area contributed by atoms with Crippen molar-refractivity contribution in [1.29, 1.82) is 0 Å². The number of aromatic nitrogens is 2. The molecule has 1 aromatic heterocycles. The highest BCUT2D eigenvalue weighted by Gasteiger charge is 2.20. The molecule has 5 nitrogen and oxygen atoms in total. The molecule has 0 bridgehead atoms. The van der Waals surface area contributed by atoms with Crippen molar-refractivity contribution in [2.45, 2.75) is 32.7 Å². The molecule has 1 heterocycles. The molecule has 0 spiro atoms. The number of nitrogens with one attached hydrogen (secondary N) is 1. The molecule has 1 aliphatic rings. The number of hydrogen-bond donors (Lipinski definition) is 1. The van der Waals surface area contributed by atoms with Crippen molar-refractivity contribution in [1.82, 2.24) is 9.55 Å². The SMILES string of the molecule is Cc1nc2c(c(=O)n1CC(=O)Nc1ccc(Cl)cc1Cl)CCC2. The van der Waals surface area contributed by atoms with Crippen LogP contribution in [0.25, 0.3) is 0 Å². The Morgan fingerprint density at radius 2 is 2.13 bits per heavy atom. The maximum absolute atomic E-state index is 12.5. The minimum absolute atomic E-state index is 0.0934. The van der Waals surface area contributed by atoms with Crippen molar-refractivity contribution in [3.05, 3.63) is 55.7 Å². The smallest absolute Gasteiger partial charge is 0.257 e. The van der Waals surface area contributed by atoms with E-state index in [0.29, 0.717) is 21.6 Å². The van der Waals surface area contributed by atoms with Crippen LogP contribution in [0, 0.1) is 6.92 Å². The Morgan fingerprint density at radius 3 is 2.87 bits per heavy atom. The average Bonchev–Trinajstić information content (AvgIpc) is 2.95. The molecule has 120 valence electrons. The third kappa shape index (κ3) is 3.26. The van der Waals surface area contributed by atoms with Crippen LogP contribution in [-0.4, -0.2) is 15.5 Å². The summed E-state index contributed by atoms with van der Waals surface area (Å²) in [6, 6.07) is 4.81. The molecule has 0 fully saturated rings. The lowest BCUT2D eigenvalue weighted by Crippen LogP contribution is -2.32. The van der Waals surface area contributed by atoms with Crippen molar-refractivity contribution in [2.75, 3.05) is 5.32 Å². The van der Waals surface area contributed by atoms with Crippen molar-refractivity contribution < 1.29 is 4.79 Å². The van der Waals surface area contributed by atoms with Gasteiger partial charge in [-0.1, -0.05) is 23.2 Å². The number of aryl methyl sites for hydroxylation is 2. The van der Waals surface area contributed by atoms with E-state index in [1.807, 2.05) is 0 Å². The van der Waals surface area contributed by atoms with Gasteiger partial charge in [0.2, 0.25) is 5.91 Å². The summed E-state index contributed by atoms with van der Waals surface area (Å²) in [7, 11) is 0. The lowest BCUT2D eigenvalue weighted by Gasteiger charge is -2.12. The van der Waals surface area contributed by atoms with E-state index in [2.05, 4.69) is 10.3 Å². The summed E-state index contributed by atoms with van der Waals surface area (Å²) < 4.78 is 1.41. The van der Waals surface area contributed by atoms with Gasteiger partial charge in [0.15, 0.2) is 0 Å². The first-order chi connectivity index (χ1) is 11.0. The number of amides is 1. The second-order valence-electron chi connectivity index (χ2n) is 5.50. The zero-order chi connectivity index (χ0) is 16.6. The maximum Gasteiger partial charge on any atom is 0.257 e.